The van der Waals surface area contributed by atoms with Crippen molar-refractivity contribution in [1.82, 2.24) is 4.90 Å². The van der Waals surface area contributed by atoms with Crippen LogP contribution < -0.4 is 0 Å². The lowest BCUT2D eigenvalue weighted by molar-refractivity contribution is 0.136. The van der Waals surface area contributed by atoms with E-state index in [1.54, 1.807) is 0 Å². The van der Waals surface area contributed by atoms with Gasteiger partial charge in [-0.15, -0.1) is 0 Å². The molecular formula is C11H11NO2. The summed E-state index contributed by atoms with van der Waals surface area (Å²) < 4.78 is 5.17. The zero-order chi connectivity index (χ0) is 9.97. The number of nitrogens with zero attached hydrogens (tertiary/aromatic N) is 1. The number of carbonyl (C=O) groups is 1. The Balaban J connectivity index is 2.16. The Labute approximate surface area is 82.6 Å². The monoisotopic (exact) mass is 189 g/mol. The number of ether oxygens (including phenoxy) is 1. The molecule has 1 saturated heterocycles. The van der Waals surface area contributed by atoms with E-state index in [1.807, 2.05) is 30.3 Å². The lowest BCUT2D eigenvalue weighted by Gasteiger charge is -2.07. The fraction of sp³-hybridized carbons (Fsp3) is 0.182. The quantitative estimate of drug-likeness (QED) is 0.714. The summed E-state index contributed by atoms with van der Waals surface area (Å²) in [5.41, 5.74) is 1.02. The molecule has 1 atom stereocenters. The molecule has 0 bridgehead atoms. The van der Waals surface area contributed by atoms with Gasteiger partial charge in [-0.1, -0.05) is 36.9 Å². The van der Waals surface area contributed by atoms with E-state index in [0.29, 0.717) is 6.54 Å². The van der Waals surface area contributed by atoms with E-state index in [9.17, 15) is 4.79 Å². The van der Waals surface area contributed by atoms with Crippen LogP contribution in [0.1, 0.15) is 11.7 Å². The predicted octanol–water partition coefficient (Wildman–Crippen LogP) is 2.32. The Morgan fingerprint density at radius 3 is 2.71 bits per heavy atom. The molecule has 0 aromatic heterocycles. The summed E-state index contributed by atoms with van der Waals surface area (Å²) in [4.78, 5) is 12.7. The summed E-state index contributed by atoms with van der Waals surface area (Å²) in [6, 6.07) is 9.69. The molecule has 1 unspecified atom stereocenters. The third-order valence-corrected chi connectivity index (χ3v) is 2.23. The standard InChI is InChI=1S/C11H11NO2/c1-2-12-8-10(14-11(12)13)9-6-4-3-5-7-9/h2-7,10H,1,8H2. The molecule has 1 fully saturated rings. The first-order valence-electron chi connectivity index (χ1n) is 4.46. The van der Waals surface area contributed by atoms with Crippen LogP contribution in [0.15, 0.2) is 43.1 Å². The van der Waals surface area contributed by atoms with Gasteiger partial charge in [0.25, 0.3) is 0 Å². The van der Waals surface area contributed by atoms with E-state index in [2.05, 4.69) is 6.58 Å². The molecular weight excluding hydrogens is 178 g/mol. The van der Waals surface area contributed by atoms with E-state index in [4.69, 9.17) is 4.74 Å². The zero-order valence-corrected chi connectivity index (χ0v) is 7.72. The first-order chi connectivity index (χ1) is 6.81. The van der Waals surface area contributed by atoms with Gasteiger partial charge in [-0.3, -0.25) is 4.90 Å². The van der Waals surface area contributed by atoms with Crippen LogP contribution in [0, 0.1) is 0 Å². The third-order valence-electron chi connectivity index (χ3n) is 2.23. The number of benzene rings is 1. The highest BCUT2D eigenvalue weighted by Crippen LogP contribution is 2.25. The largest absolute Gasteiger partial charge is 0.439 e. The zero-order valence-electron chi connectivity index (χ0n) is 7.72. The van der Waals surface area contributed by atoms with Gasteiger partial charge in [-0.25, -0.2) is 4.79 Å². The second-order valence-corrected chi connectivity index (χ2v) is 3.12. The van der Waals surface area contributed by atoms with E-state index in [0.717, 1.165) is 5.56 Å². The van der Waals surface area contributed by atoms with Crippen molar-refractivity contribution in [3.63, 3.8) is 0 Å². The fourth-order valence-corrected chi connectivity index (χ4v) is 1.47. The maximum Gasteiger partial charge on any atom is 0.414 e. The van der Waals surface area contributed by atoms with Crippen molar-refractivity contribution >= 4 is 6.09 Å². The van der Waals surface area contributed by atoms with Crippen LogP contribution in [0.5, 0.6) is 0 Å². The molecule has 14 heavy (non-hydrogen) atoms. The maximum atomic E-state index is 11.2. The summed E-state index contributed by atoms with van der Waals surface area (Å²) in [5, 5.41) is 0. The molecule has 2 rings (SSSR count). The molecule has 3 nitrogen and oxygen atoms in total. The molecule has 0 saturated carbocycles. The first kappa shape index (κ1) is 8.81. The van der Waals surface area contributed by atoms with E-state index in [1.165, 1.54) is 11.1 Å². The average molecular weight is 189 g/mol. The predicted molar refractivity (Wildman–Crippen MR) is 52.6 cm³/mol. The highest BCUT2D eigenvalue weighted by Gasteiger charge is 2.30. The highest BCUT2D eigenvalue weighted by molar-refractivity contribution is 5.71. The minimum absolute atomic E-state index is 0.165. The van der Waals surface area contributed by atoms with Crippen LogP contribution in [-0.2, 0) is 4.74 Å². The lowest BCUT2D eigenvalue weighted by atomic mass is 10.1. The van der Waals surface area contributed by atoms with Crippen molar-refractivity contribution in [2.75, 3.05) is 6.54 Å². The molecule has 0 spiro atoms. The smallest absolute Gasteiger partial charge is 0.414 e. The minimum Gasteiger partial charge on any atom is -0.439 e. The summed E-state index contributed by atoms with van der Waals surface area (Å²) in [5.74, 6) is 0. The van der Waals surface area contributed by atoms with Crippen molar-refractivity contribution < 1.29 is 9.53 Å². The van der Waals surface area contributed by atoms with Crippen LogP contribution in [-0.4, -0.2) is 17.5 Å². The van der Waals surface area contributed by atoms with Crippen molar-refractivity contribution in [1.29, 1.82) is 0 Å². The second-order valence-electron chi connectivity index (χ2n) is 3.12. The molecule has 3 heteroatoms. The number of carbonyl (C=O) groups excluding carboxylic acids is 1. The molecule has 1 aromatic carbocycles. The minimum atomic E-state index is -0.325. The van der Waals surface area contributed by atoms with Gasteiger partial charge in [0.05, 0.1) is 6.54 Å². The van der Waals surface area contributed by atoms with Gasteiger partial charge < -0.3 is 4.74 Å². The Kier molecular flexibility index (Phi) is 2.23. The maximum absolute atomic E-state index is 11.2. The number of hydrogen-bond acceptors (Lipinski definition) is 2. The van der Waals surface area contributed by atoms with Gasteiger partial charge in [0, 0.05) is 6.20 Å². The molecule has 1 aromatic rings. The Morgan fingerprint density at radius 1 is 1.43 bits per heavy atom. The molecule has 0 N–H and O–H groups in total. The third kappa shape index (κ3) is 1.48. The van der Waals surface area contributed by atoms with E-state index in [-0.39, 0.29) is 12.2 Å². The number of hydrogen-bond donors (Lipinski definition) is 0. The van der Waals surface area contributed by atoms with Crippen molar-refractivity contribution in [3.05, 3.63) is 48.7 Å². The van der Waals surface area contributed by atoms with Crippen LogP contribution in [0.4, 0.5) is 4.79 Å². The first-order valence-corrected chi connectivity index (χ1v) is 4.46. The molecule has 1 aliphatic rings. The van der Waals surface area contributed by atoms with E-state index < -0.39 is 0 Å². The summed E-state index contributed by atoms with van der Waals surface area (Å²) in [7, 11) is 0. The molecule has 0 radical (unpaired) electrons. The van der Waals surface area contributed by atoms with Crippen LogP contribution in [0.2, 0.25) is 0 Å². The molecule has 1 heterocycles. The van der Waals surface area contributed by atoms with E-state index >= 15 is 0 Å². The van der Waals surface area contributed by atoms with Crippen LogP contribution >= 0.6 is 0 Å². The summed E-state index contributed by atoms with van der Waals surface area (Å²) in [6.45, 7) is 4.09. The average Bonchev–Trinajstić information content (AvgIpc) is 2.61. The van der Waals surface area contributed by atoms with Gasteiger partial charge in [-0.2, -0.15) is 0 Å². The summed E-state index contributed by atoms with van der Waals surface area (Å²) in [6.07, 6.45) is 1.00. The Morgan fingerprint density at radius 2 is 2.14 bits per heavy atom. The SMILES string of the molecule is C=CN1CC(c2ccccc2)OC1=O. The van der Waals surface area contributed by atoms with Gasteiger partial charge in [0.15, 0.2) is 0 Å². The Bertz CT molecular complexity index is 348. The number of cyclic esters (lactones) is 1. The molecule has 1 aliphatic heterocycles. The van der Waals surface area contributed by atoms with Crippen LogP contribution in [0.3, 0.4) is 0 Å². The fourth-order valence-electron chi connectivity index (χ4n) is 1.47. The summed E-state index contributed by atoms with van der Waals surface area (Å²) >= 11 is 0. The normalized spacial score (nSPS) is 20.7. The lowest BCUT2D eigenvalue weighted by Crippen LogP contribution is -2.16. The van der Waals surface area contributed by atoms with Gasteiger partial charge in [0.2, 0.25) is 0 Å². The topological polar surface area (TPSA) is 29.5 Å². The number of amides is 1. The van der Waals surface area contributed by atoms with Crippen molar-refractivity contribution in [2.45, 2.75) is 6.10 Å². The van der Waals surface area contributed by atoms with Gasteiger partial charge in [-0.05, 0) is 5.56 Å². The second kappa shape index (κ2) is 3.54. The molecule has 1 amide bonds. The Hall–Kier alpha value is -1.77. The van der Waals surface area contributed by atoms with Crippen LogP contribution in [0.25, 0.3) is 0 Å². The highest BCUT2D eigenvalue weighted by atomic mass is 16.6. The van der Waals surface area contributed by atoms with Gasteiger partial charge in [0.1, 0.15) is 6.10 Å². The molecule has 72 valence electrons. The van der Waals surface area contributed by atoms with Gasteiger partial charge >= 0.3 is 6.09 Å². The van der Waals surface area contributed by atoms with Crippen molar-refractivity contribution in [3.8, 4) is 0 Å². The molecule has 0 aliphatic carbocycles. The number of rotatable bonds is 2. The van der Waals surface area contributed by atoms with Crippen molar-refractivity contribution in [2.24, 2.45) is 0 Å².